The topological polar surface area (TPSA) is 56.1 Å². The number of hydrogen-bond acceptors (Lipinski definition) is 5. The summed E-state index contributed by atoms with van der Waals surface area (Å²) in [6.45, 7) is 1.63. The van der Waals surface area contributed by atoms with E-state index in [0.717, 1.165) is 42.1 Å². The second-order valence-electron chi connectivity index (χ2n) is 5.84. The molecule has 1 aliphatic heterocycles. The van der Waals surface area contributed by atoms with E-state index in [4.69, 9.17) is 4.74 Å². The molecular formula is C17H19N5O. The summed E-state index contributed by atoms with van der Waals surface area (Å²) in [5, 5.41) is 0. The molecule has 6 heteroatoms. The Morgan fingerprint density at radius 2 is 2.04 bits per heavy atom. The molecule has 0 N–H and O–H groups in total. The number of fused-ring (bicyclic) bond motifs is 1. The zero-order chi connectivity index (χ0) is 15.6. The average Bonchev–Trinajstić information content (AvgIpc) is 3.21. The number of rotatable bonds is 4. The highest BCUT2D eigenvalue weighted by Gasteiger charge is 2.28. The highest BCUT2D eigenvalue weighted by atomic mass is 16.5. The Morgan fingerprint density at radius 1 is 1.17 bits per heavy atom. The molecule has 0 aliphatic carbocycles. The van der Waals surface area contributed by atoms with E-state index in [-0.39, 0.29) is 0 Å². The van der Waals surface area contributed by atoms with Gasteiger partial charge in [-0.15, -0.1) is 0 Å². The molecule has 1 saturated heterocycles. The summed E-state index contributed by atoms with van der Waals surface area (Å²) in [6, 6.07) is 10.3. The first-order chi connectivity index (χ1) is 11.3. The monoisotopic (exact) mass is 309 g/mol. The molecular weight excluding hydrogens is 290 g/mol. The smallest absolute Gasteiger partial charge is 0.165 e. The van der Waals surface area contributed by atoms with E-state index in [9.17, 15) is 0 Å². The number of nitrogens with zero attached hydrogens (tertiary/aromatic N) is 5. The Kier molecular flexibility index (Phi) is 3.57. The van der Waals surface area contributed by atoms with Crippen LogP contribution in [0.1, 0.15) is 12.8 Å². The quantitative estimate of drug-likeness (QED) is 0.741. The Morgan fingerprint density at radius 3 is 2.91 bits per heavy atom. The van der Waals surface area contributed by atoms with Gasteiger partial charge in [-0.3, -0.25) is 0 Å². The first kappa shape index (κ1) is 14.0. The largest absolute Gasteiger partial charge is 0.491 e. The number of imidazole rings is 1. The Labute approximate surface area is 134 Å². The van der Waals surface area contributed by atoms with Crippen molar-refractivity contribution in [2.24, 2.45) is 7.05 Å². The first-order valence-electron chi connectivity index (χ1n) is 7.89. The van der Waals surface area contributed by atoms with Crippen LogP contribution in [0.15, 0.2) is 43.0 Å². The number of ether oxygens (including phenoxy) is 1. The summed E-state index contributed by atoms with van der Waals surface area (Å²) >= 11 is 0. The minimum Gasteiger partial charge on any atom is -0.491 e. The molecule has 6 nitrogen and oxygen atoms in total. The number of aromatic nitrogens is 4. The van der Waals surface area contributed by atoms with Gasteiger partial charge in [0.15, 0.2) is 17.0 Å². The van der Waals surface area contributed by atoms with Gasteiger partial charge in [0.1, 0.15) is 18.7 Å². The Bertz CT molecular complexity index is 801. The molecule has 3 aromatic rings. The predicted molar refractivity (Wildman–Crippen MR) is 88.6 cm³/mol. The lowest BCUT2D eigenvalue weighted by molar-refractivity contribution is 0.288. The van der Waals surface area contributed by atoms with Crippen LogP contribution in [-0.4, -0.2) is 38.7 Å². The number of anilines is 1. The van der Waals surface area contributed by atoms with Crippen LogP contribution in [-0.2, 0) is 7.05 Å². The second kappa shape index (κ2) is 5.87. The van der Waals surface area contributed by atoms with Crippen LogP contribution in [0.4, 0.5) is 5.82 Å². The van der Waals surface area contributed by atoms with Crippen molar-refractivity contribution in [3.8, 4) is 5.75 Å². The minimum absolute atomic E-state index is 0.315. The molecule has 3 heterocycles. The minimum atomic E-state index is 0.315. The molecule has 23 heavy (non-hydrogen) atoms. The van der Waals surface area contributed by atoms with Gasteiger partial charge >= 0.3 is 0 Å². The van der Waals surface area contributed by atoms with Gasteiger partial charge in [0.05, 0.1) is 12.4 Å². The van der Waals surface area contributed by atoms with Gasteiger partial charge in [-0.1, -0.05) is 18.2 Å². The third-order valence-electron chi connectivity index (χ3n) is 4.31. The molecule has 1 atom stereocenters. The highest BCUT2D eigenvalue weighted by Crippen LogP contribution is 2.28. The third-order valence-corrected chi connectivity index (χ3v) is 4.31. The Hall–Kier alpha value is -2.63. The molecule has 0 amide bonds. The van der Waals surface area contributed by atoms with Crippen molar-refractivity contribution >= 4 is 17.0 Å². The fourth-order valence-electron chi connectivity index (χ4n) is 3.14. The van der Waals surface area contributed by atoms with Crippen molar-refractivity contribution < 1.29 is 4.74 Å². The molecule has 4 rings (SSSR count). The van der Waals surface area contributed by atoms with Gasteiger partial charge in [-0.05, 0) is 25.0 Å². The lowest BCUT2D eigenvalue weighted by atomic mass is 10.2. The molecule has 1 fully saturated rings. The van der Waals surface area contributed by atoms with Crippen molar-refractivity contribution in [2.75, 3.05) is 18.1 Å². The normalized spacial score (nSPS) is 17.8. The van der Waals surface area contributed by atoms with Gasteiger partial charge in [0.25, 0.3) is 0 Å². The van der Waals surface area contributed by atoms with Gasteiger partial charge in [-0.2, -0.15) is 0 Å². The van der Waals surface area contributed by atoms with Crippen molar-refractivity contribution in [3.05, 3.63) is 43.0 Å². The van der Waals surface area contributed by atoms with E-state index in [1.165, 1.54) is 0 Å². The van der Waals surface area contributed by atoms with Crippen LogP contribution in [0, 0.1) is 0 Å². The molecule has 2 aromatic heterocycles. The zero-order valence-corrected chi connectivity index (χ0v) is 13.1. The molecule has 1 aromatic carbocycles. The van der Waals surface area contributed by atoms with Crippen LogP contribution >= 0.6 is 0 Å². The predicted octanol–water partition coefficient (Wildman–Crippen LogP) is 2.41. The van der Waals surface area contributed by atoms with Crippen molar-refractivity contribution in [2.45, 2.75) is 18.9 Å². The summed E-state index contributed by atoms with van der Waals surface area (Å²) in [5.74, 6) is 1.82. The summed E-state index contributed by atoms with van der Waals surface area (Å²) < 4.78 is 7.87. The highest BCUT2D eigenvalue weighted by molar-refractivity contribution is 5.83. The fraction of sp³-hybridized carbons (Fsp3) is 0.353. The second-order valence-corrected chi connectivity index (χ2v) is 5.84. The zero-order valence-electron chi connectivity index (χ0n) is 13.1. The average molecular weight is 309 g/mol. The van der Waals surface area contributed by atoms with Gasteiger partial charge in [-0.25, -0.2) is 15.0 Å². The van der Waals surface area contributed by atoms with Crippen molar-refractivity contribution in [1.82, 2.24) is 19.5 Å². The number of aryl methyl sites for hydroxylation is 1. The van der Waals surface area contributed by atoms with E-state index in [1.807, 2.05) is 41.9 Å². The molecule has 0 radical (unpaired) electrons. The fourth-order valence-corrected chi connectivity index (χ4v) is 3.14. The molecule has 118 valence electrons. The standard InChI is InChI=1S/C17H19N5O/c1-21-12-20-15-16(21)18-11-19-17(15)22-9-5-6-13(22)10-23-14-7-3-2-4-8-14/h2-4,7-8,11-13H,5-6,9-10H2,1H3/t13-/m0/s1. The molecule has 0 saturated carbocycles. The van der Waals surface area contributed by atoms with E-state index in [0.29, 0.717) is 12.6 Å². The summed E-state index contributed by atoms with van der Waals surface area (Å²) in [7, 11) is 1.95. The van der Waals surface area contributed by atoms with Crippen LogP contribution in [0.3, 0.4) is 0 Å². The molecule has 0 bridgehead atoms. The van der Waals surface area contributed by atoms with Gasteiger partial charge in [0.2, 0.25) is 0 Å². The summed E-state index contributed by atoms with van der Waals surface area (Å²) in [6.07, 6.45) is 5.65. The maximum Gasteiger partial charge on any atom is 0.165 e. The maximum atomic E-state index is 5.95. The van der Waals surface area contributed by atoms with Gasteiger partial charge in [0, 0.05) is 13.6 Å². The number of benzene rings is 1. The van der Waals surface area contributed by atoms with Crippen molar-refractivity contribution in [1.29, 1.82) is 0 Å². The first-order valence-corrected chi connectivity index (χ1v) is 7.89. The number of hydrogen-bond donors (Lipinski definition) is 0. The van der Waals surface area contributed by atoms with Crippen LogP contribution in [0.5, 0.6) is 5.75 Å². The van der Waals surface area contributed by atoms with Crippen LogP contribution in [0.25, 0.3) is 11.2 Å². The van der Waals surface area contributed by atoms with E-state index < -0.39 is 0 Å². The molecule has 0 spiro atoms. The van der Waals surface area contributed by atoms with Crippen LogP contribution < -0.4 is 9.64 Å². The van der Waals surface area contributed by atoms with Gasteiger partial charge < -0.3 is 14.2 Å². The molecule has 0 unspecified atom stereocenters. The van der Waals surface area contributed by atoms with E-state index >= 15 is 0 Å². The van der Waals surface area contributed by atoms with E-state index in [1.54, 1.807) is 12.7 Å². The van der Waals surface area contributed by atoms with E-state index in [2.05, 4.69) is 19.9 Å². The Balaban J connectivity index is 1.57. The van der Waals surface area contributed by atoms with Crippen molar-refractivity contribution in [3.63, 3.8) is 0 Å². The lowest BCUT2D eigenvalue weighted by Crippen LogP contribution is -2.35. The summed E-state index contributed by atoms with van der Waals surface area (Å²) in [5.41, 5.74) is 1.73. The SMILES string of the molecule is Cn1cnc2c(N3CCC[C@H]3COc3ccccc3)ncnc21. The number of para-hydroxylation sites is 1. The lowest BCUT2D eigenvalue weighted by Gasteiger charge is -2.25. The summed E-state index contributed by atoms with van der Waals surface area (Å²) in [4.78, 5) is 15.6. The van der Waals surface area contributed by atoms with Crippen LogP contribution in [0.2, 0.25) is 0 Å². The third kappa shape index (κ3) is 2.60. The molecule has 1 aliphatic rings. The maximum absolute atomic E-state index is 5.95.